The molecule has 0 amide bonds. The van der Waals surface area contributed by atoms with Crippen LogP contribution in [0.3, 0.4) is 0 Å². The van der Waals surface area contributed by atoms with Crippen molar-refractivity contribution in [1.29, 1.82) is 0 Å². The molecule has 0 aliphatic carbocycles. The van der Waals surface area contributed by atoms with Crippen molar-refractivity contribution in [3.8, 4) is 5.75 Å². The van der Waals surface area contributed by atoms with Gasteiger partial charge in [0.25, 0.3) is 0 Å². The van der Waals surface area contributed by atoms with Crippen LogP contribution in [0.25, 0.3) is 0 Å². The van der Waals surface area contributed by atoms with Crippen LogP contribution in [0.5, 0.6) is 5.75 Å². The standard InChI is InChI=1S/C17H22N2OS/c1-4-9-18-17(16-19-13(3)11-21-16)12(2)10-20-15-8-6-5-7-14(15)17/h5-8,11-12,18H,4,9-10H2,1-3H3. The largest absolute Gasteiger partial charge is 0.493 e. The van der Waals surface area contributed by atoms with Crippen molar-refractivity contribution in [3.05, 3.63) is 45.9 Å². The lowest BCUT2D eigenvalue weighted by Gasteiger charge is -2.43. The summed E-state index contributed by atoms with van der Waals surface area (Å²) in [4.78, 5) is 4.81. The second kappa shape index (κ2) is 5.78. The Morgan fingerprint density at radius 2 is 2.24 bits per heavy atom. The second-order valence-corrected chi connectivity index (χ2v) is 6.60. The summed E-state index contributed by atoms with van der Waals surface area (Å²) < 4.78 is 5.94. The van der Waals surface area contributed by atoms with E-state index < -0.39 is 0 Å². The van der Waals surface area contributed by atoms with Crippen LogP contribution in [0.15, 0.2) is 29.6 Å². The summed E-state index contributed by atoms with van der Waals surface area (Å²) in [6.45, 7) is 8.19. The van der Waals surface area contributed by atoms with Gasteiger partial charge in [0.05, 0.1) is 6.61 Å². The van der Waals surface area contributed by atoms with Gasteiger partial charge in [0.1, 0.15) is 16.3 Å². The summed E-state index contributed by atoms with van der Waals surface area (Å²) in [7, 11) is 0. The van der Waals surface area contributed by atoms with E-state index in [1.54, 1.807) is 11.3 Å². The fourth-order valence-electron chi connectivity index (χ4n) is 3.05. The molecule has 4 heteroatoms. The lowest BCUT2D eigenvalue weighted by molar-refractivity contribution is 0.140. The zero-order valence-electron chi connectivity index (χ0n) is 12.8. The Morgan fingerprint density at radius 1 is 1.43 bits per heavy atom. The summed E-state index contributed by atoms with van der Waals surface area (Å²) >= 11 is 1.74. The zero-order valence-corrected chi connectivity index (χ0v) is 13.7. The molecule has 0 radical (unpaired) electrons. The van der Waals surface area contributed by atoms with Gasteiger partial charge in [0.2, 0.25) is 0 Å². The second-order valence-electron chi connectivity index (χ2n) is 5.74. The Bertz CT molecular complexity index is 625. The lowest BCUT2D eigenvalue weighted by Crippen LogP contribution is -2.53. The van der Waals surface area contributed by atoms with Gasteiger partial charge in [-0.3, -0.25) is 0 Å². The number of fused-ring (bicyclic) bond motifs is 1. The van der Waals surface area contributed by atoms with E-state index in [1.807, 2.05) is 6.07 Å². The van der Waals surface area contributed by atoms with Gasteiger partial charge < -0.3 is 10.1 Å². The molecule has 21 heavy (non-hydrogen) atoms. The molecule has 1 aromatic heterocycles. The highest BCUT2D eigenvalue weighted by Gasteiger charge is 2.46. The zero-order chi connectivity index (χ0) is 14.9. The highest BCUT2D eigenvalue weighted by atomic mass is 32.1. The molecule has 0 saturated carbocycles. The minimum absolute atomic E-state index is 0.232. The van der Waals surface area contributed by atoms with Gasteiger partial charge in [-0.05, 0) is 26.0 Å². The SMILES string of the molecule is CCCNC1(c2nc(C)cs2)c2ccccc2OCC1C. The topological polar surface area (TPSA) is 34.2 Å². The summed E-state index contributed by atoms with van der Waals surface area (Å²) in [5.74, 6) is 1.32. The molecule has 1 N–H and O–H groups in total. The van der Waals surface area contributed by atoms with E-state index >= 15 is 0 Å². The van der Waals surface area contributed by atoms with Gasteiger partial charge in [-0.1, -0.05) is 32.0 Å². The van der Waals surface area contributed by atoms with Gasteiger partial charge in [-0.15, -0.1) is 11.3 Å². The Balaban J connectivity index is 2.18. The molecule has 0 spiro atoms. The third-order valence-electron chi connectivity index (χ3n) is 4.15. The predicted molar refractivity (Wildman–Crippen MR) is 87.0 cm³/mol. The summed E-state index contributed by atoms with van der Waals surface area (Å²) in [6, 6.07) is 8.35. The van der Waals surface area contributed by atoms with Crippen molar-refractivity contribution in [2.75, 3.05) is 13.2 Å². The number of hydrogen-bond donors (Lipinski definition) is 1. The molecule has 0 fully saturated rings. The molecular formula is C17H22N2OS. The van der Waals surface area contributed by atoms with Crippen molar-refractivity contribution in [2.45, 2.75) is 32.7 Å². The quantitative estimate of drug-likeness (QED) is 0.934. The van der Waals surface area contributed by atoms with Crippen molar-refractivity contribution in [3.63, 3.8) is 0 Å². The first kappa shape index (κ1) is 14.5. The summed E-state index contributed by atoms with van der Waals surface area (Å²) in [5.41, 5.74) is 2.07. The maximum atomic E-state index is 5.94. The molecule has 1 aliphatic rings. The van der Waals surface area contributed by atoms with Crippen molar-refractivity contribution < 1.29 is 4.74 Å². The lowest BCUT2D eigenvalue weighted by atomic mass is 9.77. The normalized spacial score (nSPS) is 24.4. The molecule has 3 nitrogen and oxygen atoms in total. The van der Waals surface area contributed by atoms with Crippen molar-refractivity contribution in [1.82, 2.24) is 10.3 Å². The van der Waals surface area contributed by atoms with E-state index in [2.05, 4.69) is 49.7 Å². The molecule has 3 rings (SSSR count). The number of benzene rings is 1. The number of para-hydroxylation sites is 1. The number of aromatic nitrogens is 1. The van der Waals surface area contributed by atoms with Gasteiger partial charge in [0.15, 0.2) is 0 Å². The van der Waals surface area contributed by atoms with E-state index in [0.717, 1.165) is 29.4 Å². The van der Waals surface area contributed by atoms with Crippen LogP contribution in [-0.2, 0) is 5.54 Å². The Hall–Kier alpha value is -1.39. The molecule has 1 aliphatic heterocycles. The van der Waals surface area contributed by atoms with Crippen molar-refractivity contribution >= 4 is 11.3 Å². The van der Waals surface area contributed by atoms with Crippen LogP contribution in [0.2, 0.25) is 0 Å². The molecule has 0 saturated heterocycles. The van der Waals surface area contributed by atoms with Crippen LogP contribution < -0.4 is 10.1 Å². The number of hydrogen-bond acceptors (Lipinski definition) is 4. The molecule has 0 bridgehead atoms. The predicted octanol–water partition coefficient (Wildman–Crippen LogP) is 3.72. The number of aryl methyl sites for hydroxylation is 1. The minimum atomic E-state index is -0.232. The third-order valence-corrected chi connectivity index (χ3v) is 5.25. The number of ether oxygens (including phenoxy) is 1. The highest BCUT2D eigenvalue weighted by Crippen LogP contribution is 2.45. The first-order chi connectivity index (χ1) is 10.2. The number of thiazole rings is 1. The Morgan fingerprint density at radius 3 is 2.95 bits per heavy atom. The minimum Gasteiger partial charge on any atom is -0.493 e. The molecule has 2 heterocycles. The average molecular weight is 302 g/mol. The maximum Gasteiger partial charge on any atom is 0.124 e. The first-order valence-electron chi connectivity index (χ1n) is 7.58. The molecule has 2 atom stereocenters. The summed E-state index contributed by atoms with van der Waals surface area (Å²) in [6.07, 6.45) is 1.10. The van der Waals surface area contributed by atoms with Gasteiger partial charge in [-0.25, -0.2) is 4.98 Å². The first-order valence-corrected chi connectivity index (χ1v) is 8.46. The van der Waals surface area contributed by atoms with Crippen LogP contribution in [0, 0.1) is 12.8 Å². The Kier molecular flexibility index (Phi) is 4.00. The van der Waals surface area contributed by atoms with Gasteiger partial charge in [0, 0.05) is 22.6 Å². The van der Waals surface area contributed by atoms with E-state index in [4.69, 9.17) is 9.72 Å². The van der Waals surface area contributed by atoms with Gasteiger partial charge >= 0.3 is 0 Å². The average Bonchev–Trinajstić information content (AvgIpc) is 2.93. The van der Waals surface area contributed by atoms with E-state index in [0.29, 0.717) is 12.5 Å². The molecule has 2 aromatic rings. The molecule has 1 aromatic carbocycles. The third kappa shape index (κ3) is 2.36. The van der Waals surface area contributed by atoms with Gasteiger partial charge in [-0.2, -0.15) is 0 Å². The van der Waals surface area contributed by atoms with E-state index in [9.17, 15) is 0 Å². The molecular weight excluding hydrogens is 280 g/mol. The summed E-state index contributed by atoms with van der Waals surface area (Å²) in [5, 5.41) is 7.07. The van der Waals surface area contributed by atoms with Crippen LogP contribution in [0.4, 0.5) is 0 Å². The van der Waals surface area contributed by atoms with Crippen LogP contribution >= 0.6 is 11.3 Å². The van der Waals surface area contributed by atoms with E-state index in [1.165, 1.54) is 5.56 Å². The number of nitrogens with zero attached hydrogens (tertiary/aromatic N) is 1. The fourth-order valence-corrected chi connectivity index (χ4v) is 4.15. The molecule has 112 valence electrons. The Labute approximate surface area is 130 Å². The molecule has 2 unspecified atom stereocenters. The maximum absolute atomic E-state index is 5.94. The number of nitrogens with one attached hydrogen (secondary N) is 1. The number of rotatable bonds is 4. The van der Waals surface area contributed by atoms with Crippen molar-refractivity contribution in [2.24, 2.45) is 5.92 Å². The highest BCUT2D eigenvalue weighted by molar-refractivity contribution is 7.09. The van der Waals surface area contributed by atoms with Crippen LogP contribution in [0.1, 0.15) is 36.5 Å². The smallest absolute Gasteiger partial charge is 0.124 e. The van der Waals surface area contributed by atoms with Crippen LogP contribution in [-0.4, -0.2) is 18.1 Å². The van der Waals surface area contributed by atoms with E-state index in [-0.39, 0.29) is 5.54 Å². The fraction of sp³-hybridized carbons (Fsp3) is 0.471. The monoisotopic (exact) mass is 302 g/mol.